The molecule has 0 saturated heterocycles. The van der Waals surface area contributed by atoms with Crippen molar-refractivity contribution in [3.05, 3.63) is 57.8 Å². The second-order valence-electron chi connectivity index (χ2n) is 5.45. The second-order valence-corrected chi connectivity index (χ2v) is 6.48. The first-order valence-electron chi connectivity index (χ1n) is 7.16. The molecule has 0 spiro atoms. The third-order valence-electron chi connectivity index (χ3n) is 4.19. The first-order chi connectivity index (χ1) is 10.2. The number of carbonyl (C=O) groups is 1. The van der Waals surface area contributed by atoms with E-state index >= 15 is 0 Å². The maximum Gasteiger partial charge on any atom is 0.326 e. The lowest BCUT2D eigenvalue weighted by Gasteiger charge is -2.36. The number of esters is 1. The van der Waals surface area contributed by atoms with Gasteiger partial charge in [-0.25, -0.2) is 0 Å². The molecule has 3 rings (SSSR count). The average Bonchev–Trinajstić information content (AvgIpc) is 3.05. The third kappa shape index (κ3) is 2.87. The molecule has 0 saturated carbocycles. The molecule has 4 heteroatoms. The minimum Gasteiger partial charge on any atom is -0.468 e. The summed E-state index contributed by atoms with van der Waals surface area (Å²) in [5, 5.41) is 5.52. The zero-order valence-electron chi connectivity index (χ0n) is 12.1. The van der Waals surface area contributed by atoms with E-state index in [-0.39, 0.29) is 5.97 Å². The van der Waals surface area contributed by atoms with Crippen LogP contribution in [0.5, 0.6) is 0 Å². The minimum atomic E-state index is -0.604. The van der Waals surface area contributed by atoms with E-state index in [1.807, 2.05) is 12.1 Å². The summed E-state index contributed by atoms with van der Waals surface area (Å²) in [7, 11) is 1.47. The summed E-state index contributed by atoms with van der Waals surface area (Å²) < 4.78 is 5.08. The Kier molecular flexibility index (Phi) is 4.08. The molecule has 3 nitrogen and oxygen atoms in total. The van der Waals surface area contributed by atoms with Gasteiger partial charge in [-0.2, -0.15) is 0 Å². The van der Waals surface area contributed by atoms with Gasteiger partial charge in [-0.05, 0) is 35.4 Å². The number of methoxy groups -OCH3 is 1. The highest BCUT2D eigenvalue weighted by Gasteiger charge is 2.41. The van der Waals surface area contributed by atoms with Crippen LogP contribution < -0.4 is 5.32 Å². The standard InChI is InChI=1S/C17H19NO2S/c1-20-16(19)17(18-12-15-7-4-10-21-15)9-8-13-5-2-3-6-14(13)11-17/h2-7,10,18H,8-9,11-12H2,1H3. The molecular weight excluding hydrogens is 282 g/mol. The normalized spacial score (nSPS) is 20.8. The second kappa shape index (κ2) is 6.00. The predicted molar refractivity (Wildman–Crippen MR) is 84.4 cm³/mol. The van der Waals surface area contributed by atoms with Gasteiger partial charge in [-0.15, -0.1) is 11.3 Å². The fraction of sp³-hybridized carbons (Fsp3) is 0.353. The number of benzene rings is 1. The van der Waals surface area contributed by atoms with Crippen molar-refractivity contribution in [1.82, 2.24) is 5.32 Å². The average molecular weight is 301 g/mol. The Morgan fingerprint density at radius 3 is 2.81 bits per heavy atom. The van der Waals surface area contributed by atoms with Gasteiger partial charge in [-0.3, -0.25) is 10.1 Å². The van der Waals surface area contributed by atoms with Crippen molar-refractivity contribution in [3.8, 4) is 0 Å². The lowest BCUT2D eigenvalue weighted by Crippen LogP contribution is -2.55. The highest BCUT2D eigenvalue weighted by atomic mass is 32.1. The van der Waals surface area contributed by atoms with Crippen molar-refractivity contribution in [3.63, 3.8) is 0 Å². The van der Waals surface area contributed by atoms with E-state index in [2.05, 4.69) is 35.0 Å². The number of nitrogens with one attached hydrogen (secondary N) is 1. The van der Waals surface area contributed by atoms with Crippen molar-refractivity contribution < 1.29 is 9.53 Å². The van der Waals surface area contributed by atoms with Gasteiger partial charge >= 0.3 is 5.97 Å². The van der Waals surface area contributed by atoms with E-state index in [0.717, 1.165) is 12.8 Å². The predicted octanol–water partition coefficient (Wildman–Crippen LogP) is 2.94. The van der Waals surface area contributed by atoms with E-state index in [1.54, 1.807) is 11.3 Å². The highest BCUT2D eigenvalue weighted by Crippen LogP contribution is 2.30. The molecule has 1 N–H and O–H groups in total. The van der Waals surface area contributed by atoms with Gasteiger partial charge in [0.15, 0.2) is 0 Å². The summed E-state index contributed by atoms with van der Waals surface area (Å²) in [4.78, 5) is 13.6. The number of aryl methyl sites for hydroxylation is 1. The lowest BCUT2D eigenvalue weighted by atomic mass is 9.78. The maximum atomic E-state index is 12.4. The molecule has 1 aliphatic rings. The van der Waals surface area contributed by atoms with Crippen molar-refractivity contribution in [1.29, 1.82) is 0 Å². The van der Waals surface area contributed by atoms with E-state index in [9.17, 15) is 4.79 Å². The molecule has 110 valence electrons. The molecule has 2 aromatic rings. The fourth-order valence-corrected chi connectivity index (χ4v) is 3.64. The molecule has 1 atom stereocenters. The SMILES string of the molecule is COC(=O)C1(NCc2cccs2)CCc2ccccc2C1. The Bertz CT molecular complexity index is 623. The summed E-state index contributed by atoms with van der Waals surface area (Å²) in [6.45, 7) is 0.703. The van der Waals surface area contributed by atoms with E-state index in [0.29, 0.717) is 13.0 Å². The van der Waals surface area contributed by atoms with Crippen LogP contribution in [0.25, 0.3) is 0 Å². The molecule has 0 amide bonds. The number of fused-ring (bicyclic) bond motifs is 1. The Morgan fingerprint density at radius 1 is 1.29 bits per heavy atom. The largest absolute Gasteiger partial charge is 0.468 e. The zero-order valence-corrected chi connectivity index (χ0v) is 12.9. The van der Waals surface area contributed by atoms with Gasteiger partial charge in [0.05, 0.1) is 7.11 Å². The Hall–Kier alpha value is -1.65. The monoisotopic (exact) mass is 301 g/mol. The van der Waals surface area contributed by atoms with Gasteiger partial charge < -0.3 is 4.74 Å². The molecule has 1 heterocycles. The number of thiophene rings is 1. The summed E-state index contributed by atoms with van der Waals surface area (Å²) in [5.74, 6) is -0.159. The van der Waals surface area contributed by atoms with Crippen LogP contribution in [-0.4, -0.2) is 18.6 Å². The van der Waals surface area contributed by atoms with Crippen LogP contribution in [0.4, 0.5) is 0 Å². The number of carbonyl (C=O) groups excluding carboxylic acids is 1. The van der Waals surface area contributed by atoms with Crippen LogP contribution in [0.15, 0.2) is 41.8 Å². The van der Waals surface area contributed by atoms with E-state index in [1.165, 1.54) is 23.1 Å². The van der Waals surface area contributed by atoms with Gasteiger partial charge in [-0.1, -0.05) is 30.3 Å². The van der Waals surface area contributed by atoms with Crippen LogP contribution >= 0.6 is 11.3 Å². The number of hydrogen-bond acceptors (Lipinski definition) is 4. The molecule has 0 fully saturated rings. The van der Waals surface area contributed by atoms with Gasteiger partial charge in [0.25, 0.3) is 0 Å². The molecule has 21 heavy (non-hydrogen) atoms. The summed E-state index contributed by atoms with van der Waals surface area (Å²) >= 11 is 1.70. The number of ether oxygens (including phenoxy) is 1. The zero-order chi connectivity index (χ0) is 14.7. The van der Waals surface area contributed by atoms with Crippen LogP contribution in [-0.2, 0) is 28.9 Å². The molecule has 1 unspecified atom stereocenters. The Labute approximate surface area is 129 Å². The minimum absolute atomic E-state index is 0.159. The van der Waals surface area contributed by atoms with Gasteiger partial charge in [0, 0.05) is 17.8 Å². The van der Waals surface area contributed by atoms with Gasteiger partial charge in [0.1, 0.15) is 5.54 Å². The van der Waals surface area contributed by atoms with Crippen LogP contribution in [0.2, 0.25) is 0 Å². The third-order valence-corrected chi connectivity index (χ3v) is 5.07. The Morgan fingerprint density at radius 2 is 2.10 bits per heavy atom. The van der Waals surface area contributed by atoms with Crippen molar-refractivity contribution in [2.75, 3.05) is 7.11 Å². The smallest absolute Gasteiger partial charge is 0.326 e. The van der Waals surface area contributed by atoms with Crippen molar-refractivity contribution in [2.24, 2.45) is 0 Å². The molecular formula is C17H19NO2S. The van der Waals surface area contributed by atoms with E-state index in [4.69, 9.17) is 4.74 Å². The lowest BCUT2D eigenvalue weighted by molar-refractivity contribution is -0.149. The highest BCUT2D eigenvalue weighted by molar-refractivity contribution is 7.09. The van der Waals surface area contributed by atoms with Crippen molar-refractivity contribution in [2.45, 2.75) is 31.3 Å². The summed E-state index contributed by atoms with van der Waals surface area (Å²) in [5.41, 5.74) is 1.98. The van der Waals surface area contributed by atoms with E-state index < -0.39 is 5.54 Å². The number of rotatable bonds is 4. The molecule has 0 bridgehead atoms. The van der Waals surface area contributed by atoms with Gasteiger partial charge in [0.2, 0.25) is 0 Å². The molecule has 1 aromatic carbocycles. The molecule has 1 aromatic heterocycles. The fourth-order valence-electron chi connectivity index (χ4n) is 3.00. The van der Waals surface area contributed by atoms with Crippen LogP contribution in [0, 0.1) is 0 Å². The van der Waals surface area contributed by atoms with Crippen molar-refractivity contribution >= 4 is 17.3 Å². The quantitative estimate of drug-likeness (QED) is 0.882. The van der Waals surface area contributed by atoms with Crippen LogP contribution in [0.1, 0.15) is 22.4 Å². The molecule has 0 radical (unpaired) electrons. The first kappa shape index (κ1) is 14.3. The molecule has 1 aliphatic carbocycles. The topological polar surface area (TPSA) is 38.3 Å². The Balaban J connectivity index is 1.83. The maximum absolute atomic E-state index is 12.4. The summed E-state index contributed by atoms with van der Waals surface area (Å²) in [6.07, 6.45) is 2.38. The first-order valence-corrected chi connectivity index (χ1v) is 8.04. The summed E-state index contributed by atoms with van der Waals surface area (Å²) in [6, 6.07) is 12.5. The number of hydrogen-bond donors (Lipinski definition) is 1. The van der Waals surface area contributed by atoms with Crippen LogP contribution in [0.3, 0.4) is 0 Å². The molecule has 0 aliphatic heterocycles.